The largest absolute Gasteiger partial charge is 0.472 e. The fourth-order valence-corrected chi connectivity index (χ4v) is 1.86. The van der Waals surface area contributed by atoms with Crippen LogP contribution in [-0.2, 0) is 6.54 Å². The summed E-state index contributed by atoms with van der Waals surface area (Å²) in [4.78, 5) is 13.8. The van der Waals surface area contributed by atoms with Gasteiger partial charge in [-0.2, -0.15) is 0 Å². The number of carbonyl (C=O) groups excluding carboxylic acids is 1. The monoisotopic (exact) mass is 268 g/mol. The zero-order valence-corrected chi connectivity index (χ0v) is 11.3. The van der Waals surface area contributed by atoms with E-state index in [9.17, 15) is 4.79 Å². The van der Waals surface area contributed by atoms with E-state index in [-0.39, 0.29) is 5.91 Å². The first kappa shape index (κ1) is 13.9. The number of benzene rings is 1. The van der Waals surface area contributed by atoms with Crippen LogP contribution in [0.5, 0.6) is 0 Å². The maximum absolute atomic E-state index is 12.1. The molecule has 102 valence electrons. The number of nitrogens with zero attached hydrogens (tertiary/aromatic N) is 1. The number of carbonyl (C=O) groups is 1. The molecule has 1 heterocycles. The van der Waals surface area contributed by atoms with Gasteiger partial charge in [-0.3, -0.25) is 4.79 Å². The summed E-state index contributed by atoms with van der Waals surface area (Å²) in [7, 11) is 1.75. The van der Waals surface area contributed by atoms with Gasteiger partial charge in [-0.1, -0.05) is 30.0 Å². The molecule has 0 aliphatic heterocycles. The van der Waals surface area contributed by atoms with Gasteiger partial charge in [-0.25, -0.2) is 0 Å². The molecule has 20 heavy (non-hydrogen) atoms. The number of amides is 1. The van der Waals surface area contributed by atoms with Gasteiger partial charge in [-0.15, -0.1) is 0 Å². The Labute approximate surface area is 118 Å². The van der Waals surface area contributed by atoms with Gasteiger partial charge in [-0.05, 0) is 17.7 Å². The number of nitrogens with two attached hydrogens (primary N) is 1. The van der Waals surface area contributed by atoms with Crippen LogP contribution in [0.25, 0.3) is 0 Å². The van der Waals surface area contributed by atoms with E-state index >= 15 is 0 Å². The van der Waals surface area contributed by atoms with E-state index in [0.717, 1.165) is 11.1 Å². The van der Waals surface area contributed by atoms with Crippen molar-refractivity contribution in [2.24, 2.45) is 5.73 Å². The molecule has 0 aliphatic carbocycles. The summed E-state index contributed by atoms with van der Waals surface area (Å²) in [5.41, 5.74) is 7.82. The topological polar surface area (TPSA) is 59.5 Å². The predicted octanol–water partition coefficient (Wildman–Crippen LogP) is 1.86. The predicted molar refractivity (Wildman–Crippen MR) is 76.9 cm³/mol. The van der Waals surface area contributed by atoms with Gasteiger partial charge in [0, 0.05) is 19.2 Å². The molecular formula is C16H16N2O2. The minimum Gasteiger partial charge on any atom is -0.472 e. The van der Waals surface area contributed by atoms with E-state index in [1.165, 1.54) is 12.5 Å². The fourth-order valence-electron chi connectivity index (χ4n) is 1.86. The first-order valence-electron chi connectivity index (χ1n) is 6.27. The number of hydrogen-bond acceptors (Lipinski definition) is 3. The summed E-state index contributed by atoms with van der Waals surface area (Å²) in [5, 5.41) is 0. The van der Waals surface area contributed by atoms with Crippen molar-refractivity contribution < 1.29 is 9.21 Å². The SMILES string of the molecule is CN(Cc1ccccc1C#CCN)C(=O)c1ccoc1. The van der Waals surface area contributed by atoms with Crippen molar-refractivity contribution in [2.45, 2.75) is 6.54 Å². The summed E-state index contributed by atoms with van der Waals surface area (Å²) >= 11 is 0. The molecule has 1 amide bonds. The van der Waals surface area contributed by atoms with Crippen LogP contribution in [0.4, 0.5) is 0 Å². The van der Waals surface area contributed by atoms with Crippen LogP contribution in [0.1, 0.15) is 21.5 Å². The third-order valence-corrected chi connectivity index (χ3v) is 2.86. The van der Waals surface area contributed by atoms with Crippen LogP contribution in [0.15, 0.2) is 47.3 Å². The molecule has 1 aromatic carbocycles. The van der Waals surface area contributed by atoms with E-state index in [0.29, 0.717) is 18.7 Å². The highest BCUT2D eigenvalue weighted by molar-refractivity contribution is 5.93. The first-order valence-corrected chi connectivity index (χ1v) is 6.27. The Kier molecular flexibility index (Phi) is 4.59. The average molecular weight is 268 g/mol. The van der Waals surface area contributed by atoms with Crippen molar-refractivity contribution in [1.82, 2.24) is 4.90 Å². The zero-order chi connectivity index (χ0) is 14.4. The Hall–Kier alpha value is -2.51. The Morgan fingerprint density at radius 2 is 2.15 bits per heavy atom. The molecule has 0 radical (unpaired) electrons. The minimum absolute atomic E-state index is 0.0830. The molecule has 1 aromatic heterocycles. The Balaban J connectivity index is 2.15. The number of furan rings is 1. The van der Waals surface area contributed by atoms with Gasteiger partial charge >= 0.3 is 0 Å². The molecule has 0 atom stereocenters. The van der Waals surface area contributed by atoms with Crippen molar-refractivity contribution in [1.29, 1.82) is 0 Å². The summed E-state index contributed by atoms with van der Waals surface area (Å²) in [6.45, 7) is 0.803. The van der Waals surface area contributed by atoms with Gasteiger partial charge in [0.15, 0.2) is 0 Å². The standard InChI is InChI=1S/C16H16N2O2/c1-18(16(19)15-8-10-20-12-15)11-14-6-3-2-5-13(14)7-4-9-17/h2-3,5-6,8,10,12H,9,11,17H2,1H3. The highest BCUT2D eigenvalue weighted by Gasteiger charge is 2.14. The second-order valence-electron chi connectivity index (χ2n) is 4.34. The summed E-state index contributed by atoms with van der Waals surface area (Å²) in [6, 6.07) is 9.38. The molecule has 0 fully saturated rings. The van der Waals surface area contributed by atoms with Crippen molar-refractivity contribution in [3.8, 4) is 11.8 Å². The van der Waals surface area contributed by atoms with Crippen LogP contribution < -0.4 is 5.73 Å². The molecule has 0 saturated carbocycles. The lowest BCUT2D eigenvalue weighted by Crippen LogP contribution is -2.26. The van der Waals surface area contributed by atoms with Crippen molar-refractivity contribution in [3.63, 3.8) is 0 Å². The molecule has 0 spiro atoms. The van der Waals surface area contributed by atoms with E-state index in [1.54, 1.807) is 18.0 Å². The lowest BCUT2D eigenvalue weighted by molar-refractivity contribution is 0.0784. The Bertz CT molecular complexity index is 636. The molecular weight excluding hydrogens is 252 g/mol. The second-order valence-corrected chi connectivity index (χ2v) is 4.34. The molecule has 0 aliphatic rings. The minimum atomic E-state index is -0.0830. The summed E-state index contributed by atoms with van der Waals surface area (Å²) < 4.78 is 4.93. The maximum atomic E-state index is 12.1. The quantitative estimate of drug-likeness (QED) is 0.864. The average Bonchev–Trinajstić information content (AvgIpc) is 2.99. The fraction of sp³-hybridized carbons (Fsp3) is 0.188. The normalized spacial score (nSPS) is 9.70. The zero-order valence-electron chi connectivity index (χ0n) is 11.3. The second kappa shape index (κ2) is 6.60. The molecule has 2 N–H and O–H groups in total. The van der Waals surface area contributed by atoms with Crippen molar-refractivity contribution in [3.05, 3.63) is 59.5 Å². The lowest BCUT2D eigenvalue weighted by Gasteiger charge is -2.17. The van der Waals surface area contributed by atoms with Crippen LogP contribution >= 0.6 is 0 Å². The van der Waals surface area contributed by atoms with Crippen LogP contribution in [0.3, 0.4) is 0 Å². The summed E-state index contributed by atoms with van der Waals surface area (Å²) in [6.07, 6.45) is 2.93. The molecule has 0 bridgehead atoms. The van der Waals surface area contributed by atoms with Crippen molar-refractivity contribution in [2.75, 3.05) is 13.6 Å². The van der Waals surface area contributed by atoms with E-state index in [1.807, 2.05) is 24.3 Å². The summed E-state index contributed by atoms with van der Waals surface area (Å²) in [5.74, 6) is 5.77. The maximum Gasteiger partial charge on any atom is 0.257 e. The van der Waals surface area contributed by atoms with Crippen LogP contribution in [-0.4, -0.2) is 24.4 Å². The molecule has 0 saturated heterocycles. The van der Waals surface area contributed by atoms with Gasteiger partial charge in [0.25, 0.3) is 5.91 Å². The number of rotatable bonds is 3. The third kappa shape index (κ3) is 3.28. The molecule has 4 nitrogen and oxygen atoms in total. The Morgan fingerprint density at radius 3 is 2.85 bits per heavy atom. The lowest BCUT2D eigenvalue weighted by atomic mass is 10.1. The van der Waals surface area contributed by atoms with Crippen LogP contribution in [0.2, 0.25) is 0 Å². The highest BCUT2D eigenvalue weighted by Crippen LogP contribution is 2.12. The first-order chi connectivity index (χ1) is 9.72. The van der Waals surface area contributed by atoms with E-state index in [2.05, 4.69) is 11.8 Å². The molecule has 0 unspecified atom stereocenters. The van der Waals surface area contributed by atoms with Gasteiger partial charge in [0.1, 0.15) is 6.26 Å². The van der Waals surface area contributed by atoms with Crippen LogP contribution in [0, 0.1) is 11.8 Å². The highest BCUT2D eigenvalue weighted by atomic mass is 16.3. The smallest absolute Gasteiger partial charge is 0.257 e. The third-order valence-electron chi connectivity index (χ3n) is 2.86. The van der Waals surface area contributed by atoms with Gasteiger partial charge < -0.3 is 15.1 Å². The number of hydrogen-bond donors (Lipinski definition) is 1. The molecule has 2 rings (SSSR count). The molecule has 4 heteroatoms. The molecule has 2 aromatic rings. The van der Waals surface area contributed by atoms with E-state index < -0.39 is 0 Å². The van der Waals surface area contributed by atoms with Crippen molar-refractivity contribution >= 4 is 5.91 Å². The Morgan fingerprint density at radius 1 is 1.35 bits per heavy atom. The van der Waals surface area contributed by atoms with Gasteiger partial charge in [0.2, 0.25) is 0 Å². The van der Waals surface area contributed by atoms with Gasteiger partial charge in [0.05, 0.1) is 18.4 Å². The van der Waals surface area contributed by atoms with E-state index in [4.69, 9.17) is 10.2 Å².